The third-order valence-electron chi connectivity index (χ3n) is 4.08. The number of halogens is 2. The fraction of sp³-hybridized carbons (Fsp3) is 0.278. The van der Waals surface area contributed by atoms with E-state index < -0.39 is 23.3 Å². The van der Waals surface area contributed by atoms with E-state index in [-0.39, 0.29) is 12.1 Å². The summed E-state index contributed by atoms with van der Waals surface area (Å²) in [5, 5.41) is 15.5. The lowest BCUT2D eigenvalue weighted by molar-refractivity contribution is 0.0561. The van der Waals surface area contributed by atoms with Crippen molar-refractivity contribution in [3.8, 4) is 0 Å². The molecule has 0 saturated heterocycles. The number of hydrogen-bond acceptors (Lipinski definition) is 3. The van der Waals surface area contributed by atoms with Crippen molar-refractivity contribution >= 4 is 11.7 Å². The van der Waals surface area contributed by atoms with Gasteiger partial charge in [-0.15, -0.1) is 0 Å². The van der Waals surface area contributed by atoms with E-state index >= 15 is 0 Å². The molecule has 1 atom stereocenters. The molecule has 0 radical (unpaired) electrons. The highest BCUT2D eigenvalue weighted by molar-refractivity contribution is 5.89. The summed E-state index contributed by atoms with van der Waals surface area (Å²) in [6, 6.07) is 7.81. The van der Waals surface area contributed by atoms with Gasteiger partial charge in [-0.3, -0.25) is 0 Å². The van der Waals surface area contributed by atoms with Gasteiger partial charge in [0, 0.05) is 17.3 Å². The maximum absolute atomic E-state index is 13.8. The third-order valence-corrected chi connectivity index (χ3v) is 4.08. The summed E-state index contributed by atoms with van der Waals surface area (Å²) in [4.78, 5) is 12.0. The standard InChI is InChI=1S/C18H18F2N2O3/c1-18(24,15-5-3-13(19)7-16(15)20)10-21-17(23)22-14-4-2-11-8-25-9-12(11)6-14/h2-7,24H,8-10H2,1H3,(H2,21,22,23). The van der Waals surface area contributed by atoms with Crippen LogP contribution in [0.5, 0.6) is 0 Å². The molecule has 0 saturated carbocycles. The molecule has 1 unspecified atom stereocenters. The summed E-state index contributed by atoms with van der Waals surface area (Å²) < 4.78 is 32.1. The van der Waals surface area contributed by atoms with Crippen LogP contribution in [0.15, 0.2) is 36.4 Å². The summed E-state index contributed by atoms with van der Waals surface area (Å²) in [5.74, 6) is -1.60. The van der Waals surface area contributed by atoms with Crippen molar-refractivity contribution in [3.63, 3.8) is 0 Å². The Hall–Kier alpha value is -2.51. The maximum Gasteiger partial charge on any atom is 0.319 e. The second-order valence-electron chi connectivity index (χ2n) is 6.18. The largest absolute Gasteiger partial charge is 0.383 e. The molecule has 2 amide bonds. The van der Waals surface area contributed by atoms with Crippen LogP contribution in [0, 0.1) is 11.6 Å². The van der Waals surface area contributed by atoms with E-state index in [1.54, 1.807) is 6.07 Å². The van der Waals surface area contributed by atoms with Crippen molar-refractivity contribution in [2.24, 2.45) is 0 Å². The molecule has 1 heterocycles. The van der Waals surface area contributed by atoms with Crippen LogP contribution >= 0.6 is 0 Å². The van der Waals surface area contributed by atoms with Gasteiger partial charge in [0.25, 0.3) is 0 Å². The summed E-state index contributed by atoms with van der Waals surface area (Å²) in [7, 11) is 0. The predicted octanol–water partition coefficient (Wildman–Crippen LogP) is 3.02. The molecule has 25 heavy (non-hydrogen) atoms. The molecular formula is C18H18F2N2O3. The van der Waals surface area contributed by atoms with Gasteiger partial charge in [0.15, 0.2) is 0 Å². The topological polar surface area (TPSA) is 70.6 Å². The summed E-state index contributed by atoms with van der Waals surface area (Å²) in [5.41, 5.74) is 0.915. The van der Waals surface area contributed by atoms with Gasteiger partial charge in [-0.1, -0.05) is 12.1 Å². The normalized spacial score (nSPS) is 15.4. The molecule has 3 N–H and O–H groups in total. The molecule has 0 bridgehead atoms. The summed E-state index contributed by atoms with van der Waals surface area (Å²) in [6.45, 7) is 2.17. The zero-order chi connectivity index (χ0) is 18.0. The number of ether oxygens (including phenoxy) is 1. The first-order valence-electron chi connectivity index (χ1n) is 7.77. The second-order valence-corrected chi connectivity index (χ2v) is 6.18. The van der Waals surface area contributed by atoms with E-state index in [4.69, 9.17) is 4.74 Å². The number of carbonyl (C=O) groups excluding carboxylic acids is 1. The van der Waals surface area contributed by atoms with Crippen molar-refractivity contribution in [1.82, 2.24) is 5.32 Å². The minimum Gasteiger partial charge on any atom is -0.383 e. The zero-order valence-electron chi connectivity index (χ0n) is 13.6. The van der Waals surface area contributed by atoms with Crippen LogP contribution in [0.2, 0.25) is 0 Å². The van der Waals surface area contributed by atoms with E-state index in [1.807, 2.05) is 12.1 Å². The average molecular weight is 348 g/mol. The Morgan fingerprint density at radius 2 is 1.96 bits per heavy atom. The molecule has 2 aromatic carbocycles. The van der Waals surface area contributed by atoms with Gasteiger partial charge in [0.1, 0.15) is 17.2 Å². The number of fused-ring (bicyclic) bond motifs is 1. The van der Waals surface area contributed by atoms with Gasteiger partial charge in [-0.2, -0.15) is 0 Å². The first-order valence-corrected chi connectivity index (χ1v) is 7.77. The van der Waals surface area contributed by atoms with Gasteiger partial charge in [0.05, 0.1) is 19.8 Å². The molecule has 1 aliphatic rings. The molecule has 0 fully saturated rings. The Morgan fingerprint density at radius 1 is 1.20 bits per heavy atom. The monoisotopic (exact) mass is 348 g/mol. The van der Waals surface area contributed by atoms with Gasteiger partial charge in [-0.05, 0) is 36.2 Å². The highest BCUT2D eigenvalue weighted by Crippen LogP contribution is 2.24. The Morgan fingerprint density at radius 3 is 2.72 bits per heavy atom. The second kappa shape index (κ2) is 6.78. The van der Waals surface area contributed by atoms with Gasteiger partial charge >= 0.3 is 6.03 Å². The van der Waals surface area contributed by atoms with Crippen molar-refractivity contribution in [2.75, 3.05) is 11.9 Å². The molecule has 2 aromatic rings. The minimum atomic E-state index is -1.68. The van der Waals surface area contributed by atoms with Gasteiger partial charge in [0.2, 0.25) is 0 Å². The molecule has 5 nitrogen and oxygen atoms in total. The smallest absolute Gasteiger partial charge is 0.319 e. The summed E-state index contributed by atoms with van der Waals surface area (Å²) >= 11 is 0. The van der Waals surface area contributed by atoms with Crippen LogP contribution in [-0.4, -0.2) is 17.7 Å². The highest BCUT2D eigenvalue weighted by Gasteiger charge is 2.27. The molecule has 0 spiro atoms. The SMILES string of the molecule is CC(O)(CNC(=O)Nc1ccc2c(c1)COC2)c1ccc(F)cc1F. The van der Waals surface area contributed by atoms with E-state index in [1.165, 1.54) is 6.92 Å². The van der Waals surface area contributed by atoms with Crippen molar-refractivity contribution in [1.29, 1.82) is 0 Å². The fourth-order valence-corrected chi connectivity index (χ4v) is 2.70. The van der Waals surface area contributed by atoms with Crippen molar-refractivity contribution in [2.45, 2.75) is 25.7 Å². The molecule has 3 rings (SSSR count). The minimum absolute atomic E-state index is 0.0936. The third kappa shape index (κ3) is 3.94. The maximum atomic E-state index is 13.8. The lowest BCUT2D eigenvalue weighted by atomic mass is 9.95. The lowest BCUT2D eigenvalue weighted by Gasteiger charge is -2.24. The van der Waals surface area contributed by atoms with E-state index in [9.17, 15) is 18.7 Å². The number of anilines is 1. The average Bonchev–Trinajstić information content (AvgIpc) is 3.00. The first-order chi connectivity index (χ1) is 11.8. The quantitative estimate of drug-likeness (QED) is 0.795. The predicted molar refractivity (Wildman–Crippen MR) is 87.9 cm³/mol. The Bertz CT molecular complexity index is 809. The molecule has 0 aromatic heterocycles. The van der Waals surface area contributed by atoms with Crippen LogP contribution in [0.3, 0.4) is 0 Å². The summed E-state index contributed by atoms with van der Waals surface area (Å²) in [6.07, 6.45) is 0. The number of amides is 2. The van der Waals surface area contributed by atoms with E-state index in [0.29, 0.717) is 25.0 Å². The highest BCUT2D eigenvalue weighted by atomic mass is 19.1. The van der Waals surface area contributed by atoms with Crippen LogP contribution in [0.4, 0.5) is 19.3 Å². The van der Waals surface area contributed by atoms with Crippen molar-refractivity contribution < 1.29 is 23.4 Å². The number of urea groups is 1. The number of rotatable bonds is 4. The lowest BCUT2D eigenvalue weighted by Crippen LogP contribution is -2.41. The Balaban J connectivity index is 1.61. The number of aliphatic hydroxyl groups is 1. The molecular weight excluding hydrogens is 330 g/mol. The van der Waals surface area contributed by atoms with Gasteiger partial charge in [-0.25, -0.2) is 13.6 Å². The van der Waals surface area contributed by atoms with Crippen molar-refractivity contribution in [3.05, 3.63) is 64.7 Å². The molecule has 1 aliphatic heterocycles. The molecule has 0 aliphatic carbocycles. The van der Waals surface area contributed by atoms with Gasteiger partial charge < -0.3 is 20.5 Å². The van der Waals surface area contributed by atoms with Crippen LogP contribution in [-0.2, 0) is 23.6 Å². The number of carbonyl (C=O) groups is 1. The zero-order valence-corrected chi connectivity index (χ0v) is 13.6. The molecule has 132 valence electrons. The fourth-order valence-electron chi connectivity index (χ4n) is 2.70. The Kier molecular flexibility index (Phi) is 4.69. The van der Waals surface area contributed by atoms with Crippen LogP contribution < -0.4 is 10.6 Å². The number of hydrogen-bond donors (Lipinski definition) is 3. The number of benzene rings is 2. The Labute approximate surface area is 143 Å². The molecule has 7 heteroatoms. The van der Waals surface area contributed by atoms with Crippen LogP contribution in [0.1, 0.15) is 23.6 Å². The van der Waals surface area contributed by atoms with E-state index in [0.717, 1.165) is 23.3 Å². The van der Waals surface area contributed by atoms with E-state index in [2.05, 4.69) is 10.6 Å². The van der Waals surface area contributed by atoms with Crippen LogP contribution in [0.25, 0.3) is 0 Å². The number of nitrogens with one attached hydrogen (secondary N) is 2. The first kappa shape index (κ1) is 17.3.